The molecule has 0 bridgehead atoms. The molecule has 0 amide bonds. The Morgan fingerprint density at radius 3 is 2.57 bits per heavy atom. The highest BCUT2D eigenvalue weighted by Crippen LogP contribution is 2.26. The lowest BCUT2D eigenvalue weighted by Crippen LogP contribution is -2.47. The van der Waals surface area contributed by atoms with Crippen molar-refractivity contribution >= 4 is 45.0 Å². The van der Waals surface area contributed by atoms with Crippen LogP contribution in [0.1, 0.15) is 0 Å². The highest BCUT2D eigenvalue weighted by atomic mass is 79.9. The summed E-state index contributed by atoms with van der Waals surface area (Å²) in [5, 5.41) is 0.765. The van der Waals surface area contributed by atoms with Crippen LogP contribution in [0.5, 0.6) is 0 Å². The minimum atomic E-state index is 0.297. The standard InChI is InChI=1S/C14H15BrClN5/c15-12-9-18-14(17)19-13(12)21-6-4-20(5-7-21)11-3-1-2-10(16)8-11/h1-3,8-9H,4-7H2,(H2,17,18,19). The molecular weight excluding hydrogens is 354 g/mol. The third-order valence-electron chi connectivity index (χ3n) is 3.50. The number of piperazine rings is 1. The lowest BCUT2D eigenvalue weighted by molar-refractivity contribution is 0.646. The molecule has 110 valence electrons. The van der Waals surface area contributed by atoms with Gasteiger partial charge in [-0.2, -0.15) is 4.98 Å². The van der Waals surface area contributed by atoms with Crippen molar-refractivity contribution in [3.8, 4) is 0 Å². The lowest BCUT2D eigenvalue weighted by Gasteiger charge is -2.37. The molecule has 1 fully saturated rings. The maximum Gasteiger partial charge on any atom is 0.222 e. The first-order valence-electron chi connectivity index (χ1n) is 6.67. The molecule has 2 heterocycles. The van der Waals surface area contributed by atoms with E-state index < -0.39 is 0 Å². The van der Waals surface area contributed by atoms with Crippen molar-refractivity contribution < 1.29 is 0 Å². The quantitative estimate of drug-likeness (QED) is 0.883. The predicted molar refractivity (Wildman–Crippen MR) is 90.0 cm³/mol. The van der Waals surface area contributed by atoms with Gasteiger partial charge in [0.05, 0.1) is 4.47 Å². The maximum atomic E-state index is 6.05. The molecule has 0 atom stereocenters. The number of hydrogen-bond acceptors (Lipinski definition) is 5. The molecule has 2 N–H and O–H groups in total. The molecule has 1 aliphatic heterocycles. The van der Waals surface area contributed by atoms with Gasteiger partial charge in [-0.05, 0) is 34.1 Å². The summed E-state index contributed by atoms with van der Waals surface area (Å²) in [5.41, 5.74) is 6.83. The molecular formula is C14H15BrClN5. The van der Waals surface area contributed by atoms with Crippen LogP contribution in [0.25, 0.3) is 0 Å². The van der Waals surface area contributed by atoms with Gasteiger partial charge in [-0.3, -0.25) is 0 Å². The minimum absolute atomic E-state index is 0.297. The van der Waals surface area contributed by atoms with Crippen molar-refractivity contribution in [1.82, 2.24) is 9.97 Å². The number of hydrogen-bond donors (Lipinski definition) is 1. The predicted octanol–water partition coefficient (Wildman–Crippen LogP) is 2.80. The van der Waals surface area contributed by atoms with Gasteiger partial charge < -0.3 is 15.5 Å². The van der Waals surface area contributed by atoms with Crippen LogP contribution < -0.4 is 15.5 Å². The lowest BCUT2D eigenvalue weighted by atomic mass is 10.2. The van der Waals surface area contributed by atoms with Crippen molar-refractivity contribution in [3.63, 3.8) is 0 Å². The third-order valence-corrected chi connectivity index (χ3v) is 4.29. The Balaban J connectivity index is 1.72. The normalized spacial score (nSPS) is 15.3. The van der Waals surface area contributed by atoms with Crippen molar-refractivity contribution in [1.29, 1.82) is 0 Å². The van der Waals surface area contributed by atoms with E-state index in [0.29, 0.717) is 5.95 Å². The Morgan fingerprint density at radius 1 is 1.14 bits per heavy atom. The van der Waals surface area contributed by atoms with E-state index in [2.05, 4.69) is 41.8 Å². The first-order valence-corrected chi connectivity index (χ1v) is 7.84. The first-order chi connectivity index (χ1) is 10.1. The van der Waals surface area contributed by atoms with E-state index in [1.807, 2.05) is 18.2 Å². The molecule has 0 unspecified atom stereocenters. The summed E-state index contributed by atoms with van der Waals surface area (Å²) in [6.07, 6.45) is 1.70. The number of benzene rings is 1. The molecule has 1 aliphatic rings. The second-order valence-corrected chi connectivity index (χ2v) is 6.14. The Kier molecular flexibility index (Phi) is 4.17. The number of anilines is 3. The van der Waals surface area contributed by atoms with E-state index in [0.717, 1.165) is 47.2 Å². The van der Waals surface area contributed by atoms with Crippen LogP contribution >= 0.6 is 27.5 Å². The highest BCUT2D eigenvalue weighted by Gasteiger charge is 2.20. The fourth-order valence-corrected chi connectivity index (χ4v) is 3.07. The zero-order valence-electron chi connectivity index (χ0n) is 11.3. The van der Waals surface area contributed by atoms with Gasteiger partial charge in [-0.15, -0.1) is 0 Å². The minimum Gasteiger partial charge on any atom is -0.368 e. The van der Waals surface area contributed by atoms with E-state index in [1.54, 1.807) is 6.20 Å². The van der Waals surface area contributed by atoms with Gasteiger partial charge in [0.2, 0.25) is 5.95 Å². The number of nitrogens with zero attached hydrogens (tertiary/aromatic N) is 4. The Bertz CT molecular complexity index is 643. The third kappa shape index (κ3) is 3.22. The van der Waals surface area contributed by atoms with E-state index in [4.69, 9.17) is 17.3 Å². The van der Waals surface area contributed by atoms with Crippen LogP contribution in [0.15, 0.2) is 34.9 Å². The second-order valence-electron chi connectivity index (χ2n) is 4.85. The van der Waals surface area contributed by atoms with Crippen LogP contribution in [0.4, 0.5) is 17.5 Å². The molecule has 1 saturated heterocycles. The molecule has 7 heteroatoms. The molecule has 0 aliphatic carbocycles. The molecule has 3 rings (SSSR count). The number of aromatic nitrogens is 2. The van der Waals surface area contributed by atoms with Crippen molar-refractivity contribution in [2.45, 2.75) is 0 Å². The number of halogens is 2. The van der Waals surface area contributed by atoms with Crippen molar-refractivity contribution in [2.75, 3.05) is 41.7 Å². The molecule has 0 spiro atoms. The van der Waals surface area contributed by atoms with Gasteiger partial charge in [0.1, 0.15) is 5.82 Å². The molecule has 1 aromatic heterocycles. The fraction of sp³-hybridized carbons (Fsp3) is 0.286. The summed E-state index contributed by atoms with van der Waals surface area (Å²) in [6, 6.07) is 7.95. The zero-order chi connectivity index (χ0) is 14.8. The second kappa shape index (κ2) is 6.07. The van der Waals surface area contributed by atoms with Crippen molar-refractivity contribution in [2.24, 2.45) is 0 Å². The monoisotopic (exact) mass is 367 g/mol. The molecule has 2 aromatic rings. The van der Waals surface area contributed by atoms with Crippen LogP contribution in [0.3, 0.4) is 0 Å². The Labute approximate surface area is 136 Å². The average molecular weight is 369 g/mol. The van der Waals surface area contributed by atoms with E-state index in [-0.39, 0.29) is 0 Å². The van der Waals surface area contributed by atoms with Crippen LogP contribution in [0.2, 0.25) is 5.02 Å². The molecule has 21 heavy (non-hydrogen) atoms. The van der Waals surface area contributed by atoms with Gasteiger partial charge in [0.25, 0.3) is 0 Å². The van der Waals surface area contributed by atoms with Crippen LogP contribution in [-0.2, 0) is 0 Å². The fourth-order valence-electron chi connectivity index (χ4n) is 2.44. The molecule has 5 nitrogen and oxygen atoms in total. The van der Waals surface area contributed by atoms with E-state index in [1.165, 1.54) is 0 Å². The van der Waals surface area contributed by atoms with Gasteiger partial charge in [-0.25, -0.2) is 4.98 Å². The Hall–Kier alpha value is -1.53. The van der Waals surface area contributed by atoms with Gasteiger partial charge >= 0.3 is 0 Å². The average Bonchev–Trinajstić information content (AvgIpc) is 2.50. The van der Waals surface area contributed by atoms with Crippen molar-refractivity contribution in [3.05, 3.63) is 40.0 Å². The summed E-state index contributed by atoms with van der Waals surface area (Å²) in [4.78, 5) is 12.8. The SMILES string of the molecule is Nc1ncc(Br)c(N2CCN(c3cccc(Cl)c3)CC2)n1. The van der Waals surface area contributed by atoms with E-state index in [9.17, 15) is 0 Å². The highest BCUT2D eigenvalue weighted by molar-refractivity contribution is 9.10. The largest absolute Gasteiger partial charge is 0.368 e. The van der Waals surface area contributed by atoms with Crippen LogP contribution in [0, 0.1) is 0 Å². The molecule has 0 saturated carbocycles. The number of nitrogens with two attached hydrogens (primary N) is 1. The van der Waals surface area contributed by atoms with E-state index >= 15 is 0 Å². The van der Waals surface area contributed by atoms with Crippen LogP contribution in [-0.4, -0.2) is 36.1 Å². The number of rotatable bonds is 2. The smallest absolute Gasteiger partial charge is 0.222 e. The summed E-state index contributed by atoms with van der Waals surface area (Å²) >= 11 is 9.53. The van der Waals surface area contributed by atoms with Gasteiger partial charge in [-0.1, -0.05) is 17.7 Å². The number of nitrogen functional groups attached to an aromatic ring is 1. The summed E-state index contributed by atoms with van der Waals surface area (Å²) in [5.74, 6) is 1.15. The zero-order valence-corrected chi connectivity index (χ0v) is 13.7. The van der Waals surface area contributed by atoms with Gasteiger partial charge in [0.15, 0.2) is 0 Å². The molecule has 1 aromatic carbocycles. The Morgan fingerprint density at radius 2 is 1.86 bits per heavy atom. The molecule has 0 radical (unpaired) electrons. The summed E-state index contributed by atoms with van der Waals surface area (Å²) in [7, 11) is 0. The summed E-state index contributed by atoms with van der Waals surface area (Å²) < 4.78 is 0.868. The summed E-state index contributed by atoms with van der Waals surface area (Å²) in [6.45, 7) is 3.58. The van der Waals surface area contributed by atoms with Gasteiger partial charge in [0, 0.05) is 43.1 Å². The maximum absolute atomic E-state index is 6.05. The first kappa shape index (κ1) is 14.4. The topological polar surface area (TPSA) is 58.3 Å².